The quantitative estimate of drug-likeness (QED) is 0.597. The molecule has 0 radical (unpaired) electrons. The van der Waals surface area contributed by atoms with Crippen molar-refractivity contribution in [3.63, 3.8) is 0 Å². The third kappa shape index (κ3) is 2.52. The number of aromatic nitrogens is 1. The van der Waals surface area contributed by atoms with E-state index in [1.807, 2.05) is 36.4 Å². The van der Waals surface area contributed by atoms with Crippen molar-refractivity contribution in [2.24, 2.45) is 0 Å². The van der Waals surface area contributed by atoms with Gasteiger partial charge in [0, 0.05) is 39.8 Å². The molecule has 0 fully saturated rings. The molecule has 0 aliphatic rings. The van der Waals surface area contributed by atoms with Gasteiger partial charge in [-0.15, -0.1) is 0 Å². The van der Waals surface area contributed by atoms with E-state index in [2.05, 4.69) is 35.9 Å². The van der Waals surface area contributed by atoms with E-state index >= 15 is 0 Å². The standard InChI is InChI=1S/C19H15ClN2/c1-2-22-13-15(17-8-4-6-10-19(17)22)11-14(12-21)16-7-3-5-9-18(16)20/h3-11,13H,2H2,1H3/b14-11-. The fourth-order valence-electron chi connectivity index (χ4n) is 2.66. The van der Waals surface area contributed by atoms with Crippen molar-refractivity contribution >= 4 is 34.2 Å². The summed E-state index contributed by atoms with van der Waals surface area (Å²) >= 11 is 6.22. The molecule has 0 bridgehead atoms. The van der Waals surface area contributed by atoms with Gasteiger partial charge in [0.05, 0.1) is 11.6 Å². The number of para-hydroxylation sites is 1. The Kier molecular flexibility index (Phi) is 4.00. The molecule has 2 aromatic carbocycles. The van der Waals surface area contributed by atoms with Crippen molar-refractivity contribution < 1.29 is 0 Å². The Hall–Kier alpha value is -2.50. The minimum atomic E-state index is 0.574. The molecule has 0 saturated heterocycles. The van der Waals surface area contributed by atoms with Crippen molar-refractivity contribution in [1.82, 2.24) is 4.57 Å². The molecular weight excluding hydrogens is 292 g/mol. The number of fused-ring (bicyclic) bond motifs is 1. The number of aryl methyl sites for hydroxylation is 1. The monoisotopic (exact) mass is 306 g/mol. The third-order valence-electron chi connectivity index (χ3n) is 3.74. The van der Waals surface area contributed by atoms with Crippen LogP contribution in [0.5, 0.6) is 0 Å². The molecule has 0 spiro atoms. The molecule has 0 aliphatic carbocycles. The summed E-state index contributed by atoms with van der Waals surface area (Å²) in [4.78, 5) is 0. The first kappa shape index (κ1) is 14.4. The average Bonchev–Trinajstić information content (AvgIpc) is 2.91. The molecule has 0 atom stereocenters. The summed E-state index contributed by atoms with van der Waals surface area (Å²) in [5.74, 6) is 0. The largest absolute Gasteiger partial charge is 0.347 e. The minimum absolute atomic E-state index is 0.574. The van der Waals surface area contributed by atoms with E-state index in [0.29, 0.717) is 10.6 Å². The maximum Gasteiger partial charge on any atom is 0.0998 e. The Morgan fingerprint density at radius 2 is 1.91 bits per heavy atom. The lowest BCUT2D eigenvalue weighted by atomic mass is 10.0. The summed E-state index contributed by atoms with van der Waals surface area (Å²) in [6, 6.07) is 17.9. The molecule has 3 rings (SSSR count). The van der Waals surface area contributed by atoms with Crippen LogP contribution in [0.2, 0.25) is 5.02 Å². The number of allylic oxidation sites excluding steroid dienone is 1. The van der Waals surface area contributed by atoms with E-state index in [-0.39, 0.29) is 0 Å². The highest BCUT2D eigenvalue weighted by molar-refractivity contribution is 6.32. The maximum atomic E-state index is 9.52. The van der Waals surface area contributed by atoms with Crippen LogP contribution in [-0.2, 0) is 6.54 Å². The van der Waals surface area contributed by atoms with Crippen LogP contribution in [0.15, 0.2) is 54.7 Å². The Bertz CT molecular complexity index is 897. The number of nitrogens with zero attached hydrogens (tertiary/aromatic N) is 2. The van der Waals surface area contributed by atoms with Crippen molar-refractivity contribution in [3.8, 4) is 6.07 Å². The van der Waals surface area contributed by atoms with Crippen LogP contribution in [0, 0.1) is 11.3 Å². The van der Waals surface area contributed by atoms with E-state index < -0.39 is 0 Å². The van der Waals surface area contributed by atoms with Crippen molar-refractivity contribution in [3.05, 3.63) is 70.9 Å². The molecule has 2 nitrogen and oxygen atoms in total. The van der Waals surface area contributed by atoms with Gasteiger partial charge in [-0.3, -0.25) is 0 Å². The van der Waals surface area contributed by atoms with Crippen LogP contribution >= 0.6 is 11.6 Å². The van der Waals surface area contributed by atoms with Crippen LogP contribution in [0.1, 0.15) is 18.1 Å². The van der Waals surface area contributed by atoms with E-state index in [1.165, 1.54) is 5.52 Å². The zero-order chi connectivity index (χ0) is 15.5. The lowest BCUT2D eigenvalue weighted by Crippen LogP contribution is -1.89. The summed E-state index contributed by atoms with van der Waals surface area (Å²) in [5, 5.41) is 11.3. The molecule has 0 unspecified atom stereocenters. The smallest absolute Gasteiger partial charge is 0.0998 e. The van der Waals surface area contributed by atoms with Gasteiger partial charge in [0.25, 0.3) is 0 Å². The highest BCUT2D eigenvalue weighted by Gasteiger charge is 2.09. The number of rotatable bonds is 3. The Labute approximate surface area is 134 Å². The first-order chi connectivity index (χ1) is 10.7. The molecule has 1 aromatic heterocycles. The highest BCUT2D eigenvalue weighted by Crippen LogP contribution is 2.28. The van der Waals surface area contributed by atoms with Crippen molar-refractivity contribution in [2.45, 2.75) is 13.5 Å². The second-order valence-corrected chi connectivity index (χ2v) is 5.44. The maximum absolute atomic E-state index is 9.52. The van der Waals surface area contributed by atoms with Crippen LogP contribution in [0.25, 0.3) is 22.6 Å². The zero-order valence-corrected chi connectivity index (χ0v) is 13.0. The van der Waals surface area contributed by atoms with Crippen LogP contribution < -0.4 is 0 Å². The first-order valence-electron chi connectivity index (χ1n) is 7.19. The zero-order valence-electron chi connectivity index (χ0n) is 12.3. The molecule has 0 N–H and O–H groups in total. The molecule has 0 amide bonds. The van der Waals surface area contributed by atoms with E-state index in [1.54, 1.807) is 6.07 Å². The second kappa shape index (κ2) is 6.09. The predicted octanol–water partition coefficient (Wildman–Crippen LogP) is 5.38. The minimum Gasteiger partial charge on any atom is -0.347 e. The number of hydrogen-bond donors (Lipinski definition) is 0. The summed E-state index contributed by atoms with van der Waals surface area (Å²) in [6.45, 7) is 3.00. The van der Waals surface area contributed by atoms with Crippen LogP contribution in [0.3, 0.4) is 0 Å². The molecule has 0 saturated carbocycles. The van der Waals surface area contributed by atoms with Crippen LogP contribution in [-0.4, -0.2) is 4.57 Å². The normalized spacial score (nSPS) is 11.6. The first-order valence-corrected chi connectivity index (χ1v) is 7.57. The van der Waals surface area contributed by atoms with Crippen molar-refractivity contribution in [1.29, 1.82) is 5.26 Å². The number of halogens is 1. The van der Waals surface area contributed by atoms with Gasteiger partial charge in [-0.1, -0.05) is 48.0 Å². The van der Waals surface area contributed by atoms with E-state index in [4.69, 9.17) is 11.6 Å². The summed E-state index contributed by atoms with van der Waals surface area (Å²) < 4.78 is 2.18. The second-order valence-electron chi connectivity index (χ2n) is 5.04. The molecule has 3 aromatic rings. The summed E-state index contributed by atoms with van der Waals surface area (Å²) in [5.41, 5.74) is 3.55. The van der Waals surface area contributed by atoms with Crippen LogP contribution in [0.4, 0.5) is 0 Å². The molecular formula is C19H15ClN2. The summed E-state index contributed by atoms with van der Waals surface area (Å²) in [6.07, 6.45) is 3.99. The molecule has 22 heavy (non-hydrogen) atoms. The number of benzene rings is 2. The number of hydrogen-bond acceptors (Lipinski definition) is 1. The number of nitriles is 1. The molecule has 1 heterocycles. The third-order valence-corrected chi connectivity index (χ3v) is 4.07. The average molecular weight is 307 g/mol. The lowest BCUT2D eigenvalue weighted by Gasteiger charge is -2.01. The Morgan fingerprint density at radius 1 is 1.18 bits per heavy atom. The Morgan fingerprint density at radius 3 is 2.64 bits per heavy atom. The van der Waals surface area contributed by atoms with Gasteiger partial charge < -0.3 is 4.57 Å². The predicted molar refractivity (Wildman–Crippen MR) is 92.5 cm³/mol. The topological polar surface area (TPSA) is 28.7 Å². The van der Waals surface area contributed by atoms with Gasteiger partial charge in [0.1, 0.15) is 0 Å². The Balaban J connectivity index is 2.19. The SMILES string of the molecule is CCn1cc(/C=C(/C#N)c2ccccc2Cl)c2ccccc21. The summed E-state index contributed by atoms with van der Waals surface area (Å²) in [7, 11) is 0. The highest BCUT2D eigenvalue weighted by atomic mass is 35.5. The van der Waals surface area contributed by atoms with Gasteiger partial charge in [0.2, 0.25) is 0 Å². The molecule has 0 aliphatic heterocycles. The van der Waals surface area contributed by atoms with Gasteiger partial charge in [-0.25, -0.2) is 0 Å². The fourth-order valence-corrected chi connectivity index (χ4v) is 2.89. The molecule has 108 valence electrons. The van der Waals surface area contributed by atoms with Gasteiger partial charge >= 0.3 is 0 Å². The van der Waals surface area contributed by atoms with Gasteiger partial charge in [-0.2, -0.15) is 5.26 Å². The van der Waals surface area contributed by atoms with Gasteiger partial charge in [-0.05, 0) is 25.1 Å². The van der Waals surface area contributed by atoms with E-state index in [9.17, 15) is 5.26 Å². The van der Waals surface area contributed by atoms with E-state index in [0.717, 1.165) is 23.1 Å². The van der Waals surface area contributed by atoms with Gasteiger partial charge in [0.15, 0.2) is 0 Å². The lowest BCUT2D eigenvalue weighted by molar-refractivity contribution is 0.797. The van der Waals surface area contributed by atoms with Crippen molar-refractivity contribution in [2.75, 3.05) is 0 Å². The fraction of sp³-hybridized carbons (Fsp3) is 0.105. The molecule has 3 heteroatoms.